The van der Waals surface area contributed by atoms with Crippen molar-refractivity contribution < 1.29 is 24.9 Å². The van der Waals surface area contributed by atoms with E-state index in [2.05, 4.69) is 0 Å². The summed E-state index contributed by atoms with van der Waals surface area (Å²) < 4.78 is 0. The van der Waals surface area contributed by atoms with Crippen molar-refractivity contribution in [1.82, 2.24) is 0 Å². The molecule has 5 heteroatoms. The summed E-state index contributed by atoms with van der Waals surface area (Å²) in [6, 6.07) is 0. The van der Waals surface area contributed by atoms with Gasteiger partial charge < -0.3 is 15.3 Å². The van der Waals surface area contributed by atoms with E-state index in [9.17, 15) is 14.7 Å². The second kappa shape index (κ2) is 3.33. The molecular weight excluding hydrogens is 176 g/mol. The number of aliphatic hydroxyl groups excluding tert-OH is 1. The van der Waals surface area contributed by atoms with Crippen molar-refractivity contribution in [3.8, 4) is 0 Å². The van der Waals surface area contributed by atoms with Gasteiger partial charge in [0.25, 0.3) is 0 Å². The molecule has 1 aliphatic carbocycles. The molecule has 3 N–H and O–H groups in total. The number of carbonyl (C=O) groups is 2. The SMILES string of the molecule is O=C(O)C1(C(=O)O)CCCCC1O. The Morgan fingerprint density at radius 2 is 1.69 bits per heavy atom. The first-order valence-corrected chi connectivity index (χ1v) is 4.16. The molecule has 0 aromatic heterocycles. The number of carboxylic acid groups (broad SMARTS) is 2. The summed E-state index contributed by atoms with van der Waals surface area (Å²) in [7, 11) is 0. The maximum Gasteiger partial charge on any atom is 0.323 e. The highest BCUT2D eigenvalue weighted by Gasteiger charge is 2.53. The minimum Gasteiger partial charge on any atom is -0.480 e. The number of aliphatic carboxylic acids is 2. The van der Waals surface area contributed by atoms with E-state index in [0.29, 0.717) is 12.8 Å². The third-order valence-corrected chi connectivity index (χ3v) is 2.63. The fourth-order valence-electron chi connectivity index (χ4n) is 1.74. The Labute approximate surface area is 75.0 Å². The molecule has 74 valence electrons. The molecule has 1 rings (SSSR count). The molecule has 1 fully saturated rings. The van der Waals surface area contributed by atoms with E-state index in [1.54, 1.807) is 0 Å². The Bertz CT molecular complexity index is 221. The highest BCUT2D eigenvalue weighted by molar-refractivity contribution is 5.99. The third kappa shape index (κ3) is 1.39. The second-order valence-corrected chi connectivity index (χ2v) is 3.34. The van der Waals surface area contributed by atoms with Gasteiger partial charge in [0.1, 0.15) is 0 Å². The van der Waals surface area contributed by atoms with Crippen LogP contribution in [0.15, 0.2) is 0 Å². The topological polar surface area (TPSA) is 94.8 Å². The number of carboxylic acids is 2. The lowest BCUT2D eigenvalue weighted by atomic mass is 9.72. The Hall–Kier alpha value is -1.10. The minimum atomic E-state index is -1.97. The molecule has 0 saturated heterocycles. The van der Waals surface area contributed by atoms with E-state index < -0.39 is 23.5 Å². The molecule has 0 radical (unpaired) electrons. The molecule has 0 aromatic carbocycles. The first-order chi connectivity index (χ1) is 6.01. The van der Waals surface area contributed by atoms with Crippen LogP contribution in [0.3, 0.4) is 0 Å². The summed E-state index contributed by atoms with van der Waals surface area (Å²) in [6.07, 6.45) is 0.215. The third-order valence-electron chi connectivity index (χ3n) is 2.63. The zero-order chi connectivity index (χ0) is 10.1. The van der Waals surface area contributed by atoms with Crippen molar-refractivity contribution in [2.45, 2.75) is 31.8 Å². The maximum atomic E-state index is 10.8. The molecule has 0 aromatic rings. The van der Waals surface area contributed by atoms with Gasteiger partial charge in [-0.05, 0) is 12.8 Å². The van der Waals surface area contributed by atoms with Crippen LogP contribution in [-0.4, -0.2) is 33.4 Å². The van der Waals surface area contributed by atoms with Crippen LogP contribution < -0.4 is 0 Å². The molecular formula is C8H12O5. The molecule has 1 unspecified atom stereocenters. The van der Waals surface area contributed by atoms with Crippen LogP contribution in [0.4, 0.5) is 0 Å². The van der Waals surface area contributed by atoms with Gasteiger partial charge in [0.15, 0.2) is 5.41 Å². The van der Waals surface area contributed by atoms with Gasteiger partial charge >= 0.3 is 11.9 Å². The predicted octanol–water partition coefficient (Wildman–Crippen LogP) is 0.0769. The summed E-state index contributed by atoms with van der Waals surface area (Å²) >= 11 is 0. The average molecular weight is 188 g/mol. The van der Waals surface area contributed by atoms with E-state index in [1.165, 1.54) is 0 Å². The van der Waals surface area contributed by atoms with E-state index in [-0.39, 0.29) is 12.8 Å². The number of hydrogen-bond donors (Lipinski definition) is 3. The lowest BCUT2D eigenvalue weighted by Gasteiger charge is -2.33. The predicted molar refractivity (Wildman–Crippen MR) is 42.2 cm³/mol. The lowest BCUT2D eigenvalue weighted by Crippen LogP contribution is -2.50. The minimum absolute atomic E-state index is 0.0127. The Morgan fingerprint density at radius 1 is 1.15 bits per heavy atom. The van der Waals surface area contributed by atoms with Crippen LogP contribution in [0.25, 0.3) is 0 Å². The van der Waals surface area contributed by atoms with Crippen LogP contribution in [-0.2, 0) is 9.59 Å². The van der Waals surface area contributed by atoms with Crippen molar-refractivity contribution in [1.29, 1.82) is 0 Å². The second-order valence-electron chi connectivity index (χ2n) is 3.34. The Morgan fingerprint density at radius 3 is 2.00 bits per heavy atom. The summed E-state index contributed by atoms with van der Waals surface area (Å²) in [4.78, 5) is 21.6. The molecule has 1 atom stereocenters. The fraction of sp³-hybridized carbons (Fsp3) is 0.750. The van der Waals surface area contributed by atoms with Crippen molar-refractivity contribution in [3.63, 3.8) is 0 Å². The first kappa shape index (κ1) is 9.98. The highest BCUT2D eigenvalue weighted by Crippen LogP contribution is 2.37. The zero-order valence-corrected chi connectivity index (χ0v) is 7.06. The van der Waals surface area contributed by atoms with Gasteiger partial charge in [-0.1, -0.05) is 12.8 Å². The molecule has 13 heavy (non-hydrogen) atoms. The number of hydrogen-bond acceptors (Lipinski definition) is 3. The molecule has 1 aliphatic rings. The zero-order valence-electron chi connectivity index (χ0n) is 7.06. The van der Waals surface area contributed by atoms with Gasteiger partial charge in [-0.15, -0.1) is 0 Å². The summed E-state index contributed by atoms with van der Waals surface area (Å²) in [5, 5.41) is 27.0. The van der Waals surface area contributed by atoms with Crippen molar-refractivity contribution in [2.75, 3.05) is 0 Å². The van der Waals surface area contributed by atoms with Gasteiger partial charge in [-0.25, -0.2) is 0 Å². The summed E-state index contributed by atoms with van der Waals surface area (Å²) in [6.45, 7) is 0. The van der Waals surface area contributed by atoms with Crippen molar-refractivity contribution in [3.05, 3.63) is 0 Å². The molecule has 0 bridgehead atoms. The maximum absolute atomic E-state index is 10.8. The van der Waals surface area contributed by atoms with E-state index >= 15 is 0 Å². The summed E-state index contributed by atoms with van der Waals surface area (Å²) in [5.74, 6) is -2.88. The molecule has 0 heterocycles. The molecule has 0 spiro atoms. The van der Waals surface area contributed by atoms with Crippen LogP contribution in [0.1, 0.15) is 25.7 Å². The van der Waals surface area contributed by atoms with Gasteiger partial charge in [0.2, 0.25) is 0 Å². The highest BCUT2D eigenvalue weighted by atomic mass is 16.4. The Kier molecular flexibility index (Phi) is 2.56. The van der Waals surface area contributed by atoms with Crippen molar-refractivity contribution in [2.24, 2.45) is 5.41 Å². The van der Waals surface area contributed by atoms with Gasteiger partial charge in [0, 0.05) is 0 Å². The van der Waals surface area contributed by atoms with E-state index in [0.717, 1.165) is 0 Å². The van der Waals surface area contributed by atoms with E-state index in [4.69, 9.17) is 10.2 Å². The standard InChI is InChI=1S/C8H12O5/c9-5-3-1-2-4-8(5,6(10)11)7(12)13/h5,9H,1-4H2,(H,10,11)(H,12,13). The van der Waals surface area contributed by atoms with Gasteiger partial charge in [0.05, 0.1) is 6.10 Å². The van der Waals surface area contributed by atoms with Crippen LogP contribution in [0, 0.1) is 5.41 Å². The monoisotopic (exact) mass is 188 g/mol. The van der Waals surface area contributed by atoms with Gasteiger partial charge in [-0.3, -0.25) is 9.59 Å². The van der Waals surface area contributed by atoms with Crippen molar-refractivity contribution >= 4 is 11.9 Å². The normalized spacial score (nSPS) is 26.7. The average Bonchev–Trinajstić information content (AvgIpc) is 2.04. The smallest absolute Gasteiger partial charge is 0.323 e. The molecule has 0 amide bonds. The summed E-state index contributed by atoms with van der Waals surface area (Å²) in [5.41, 5.74) is -1.97. The van der Waals surface area contributed by atoms with Crippen LogP contribution in [0.2, 0.25) is 0 Å². The molecule has 0 aliphatic heterocycles. The molecule has 1 saturated carbocycles. The lowest BCUT2D eigenvalue weighted by molar-refractivity contribution is -0.177. The molecule has 5 nitrogen and oxygen atoms in total. The quantitative estimate of drug-likeness (QED) is 0.533. The fourth-order valence-corrected chi connectivity index (χ4v) is 1.74. The first-order valence-electron chi connectivity index (χ1n) is 4.16. The largest absolute Gasteiger partial charge is 0.480 e. The van der Waals surface area contributed by atoms with Crippen LogP contribution >= 0.6 is 0 Å². The number of rotatable bonds is 2. The van der Waals surface area contributed by atoms with Gasteiger partial charge in [-0.2, -0.15) is 0 Å². The van der Waals surface area contributed by atoms with E-state index in [1.807, 2.05) is 0 Å². The van der Waals surface area contributed by atoms with Crippen LogP contribution in [0.5, 0.6) is 0 Å². The number of aliphatic hydroxyl groups is 1. The Balaban J connectivity index is 3.00.